The zero-order valence-electron chi connectivity index (χ0n) is 7.60. The van der Waals surface area contributed by atoms with Crippen molar-refractivity contribution in [2.24, 2.45) is 0 Å². The van der Waals surface area contributed by atoms with Crippen LogP contribution in [-0.4, -0.2) is 11.3 Å². The van der Waals surface area contributed by atoms with Crippen LogP contribution in [-0.2, 0) is 4.84 Å². The average Bonchev–Trinajstić information content (AvgIpc) is 2.65. The molecule has 2 heterocycles. The van der Waals surface area contributed by atoms with E-state index in [9.17, 15) is 4.79 Å². The zero-order chi connectivity index (χ0) is 9.97. The van der Waals surface area contributed by atoms with E-state index in [0.717, 1.165) is 5.70 Å². The Morgan fingerprint density at radius 2 is 2.43 bits per heavy atom. The minimum atomic E-state index is 0.393. The molecule has 0 unspecified atom stereocenters. The number of rotatable bonds is 2. The van der Waals surface area contributed by atoms with Gasteiger partial charge in [-0.05, 0) is 19.1 Å². The minimum Gasteiger partial charge on any atom is -0.395 e. The largest absolute Gasteiger partial charge is 0.395 e. The first kappa shape index (κ1) is 8.71. The Hall–Kier alpha value is -1.88. The van der Waals surface area contributed by atoms with Crippen LogP contribution in [0.25, 0.3) is 0 Å². The number of nitrogens with one attached hydrogen (secondary N) is 1. The van der Waals surface area contributed by atoms with Gasteiger partial charge in [0.15, 0.2) is 12.1 Å². The monoisotopic (exact) mass is 191 g/mol. The lowest BCUT2D eigenvalue weighted by Gasteiger charge is -2.15. The molecule has 1 aliphatic rings. The first-order chi connectivity index (χ1) is 6.81. The highest BCUT2D eigenvalue weighted by Gasteiger charge is 2.15. The van der Waals surface area contributed by atoms with Crippen LogP contribution in [0.5, 0.6) is 0 Å². The Bertz CT molecular complexity index is 389. The number of anilines is 1. The molecule has 0 spiro atoms. The van der Waals surface area contributed by atoms with Crippen molar-refractivity contribution in [3.8, 4) is 0 Å². The molecule has 0 saturated heterocycles. The van der Waals surface area contributed by atoms with Crippen molar-refractivity contribution in [1.29, 1.82) is 0 Å². The Kier molecular flexibility index (Phi) is 2.16. The number of aromatic nitrogens is 1. The Morgan fingerprint density at radius 1 is 1.57 bits per heavy atom. The maximum Gasteiger partial charge on any atom is 0.168 e. The summed E-state index contributed by atoms with van der Waals surface area (Å²) in [4.78, 5) is 19.5. The van der Waals surface area contributed by atoms with Crippen LogP contribution in [0.4, 0.5) is 5.82 Å². The molecule has 5 nitrogen and oxygen atoms in total. The molecule has 0 atom stereocenters. The number of allylic oxidation sites excluding steroid dienone is 1. The Balaban J connectivity index is 2.32. The fourth-order valence-electron chi connectivity index (χ4n) is 1.15. The summed E-state index contributed by atoms with van der Waals surface area (Å²) < 4.78 is 0. The standard InChI is InChI=1S/C9H9N3O2/c1-7-6-14-11-12(7)9-4-2-3-8(5-13)10-9/h2-6,11H,1H3. The maximum absolute atomic E-state index is 10.5. The zero-order valence-corrected chi connectivity index (χ0v) is 7.60. The highest BCUT2D eigenvalue weighted by atomic mass is 16.7. The summed E-state index contributed by atoms with van der Waals surface area (Å²) in [6.07, 6.45) is 2.27. The molecule has 14 heavy (non-hydrogen) atoms. The Labute approximate surface area is 80.9 Å². The third-order valence-corrected chi connectivity index (χ3v) is 1.83. The van der Waals surface area contributed by atoms with Gasteiger partial charge in [-0.2, -0.15) is 0 Å². The molecular formula is C9H9N3O2. The summed E-state index contributed by atoms with van der Waals surface area (Å²) in [7, 11) is 0. The van der Waals surface area contributed by atoms with Gasteiger partial charge in [0.25, 0.3) is 0 Å². The second-order valence-electron chi connectivity index (χ2n) is 2.84. The van der Waals surface area contributed by atoms with Crippen molar-refractivity contribution >= 4 is 12.1 Å². The van der Waals surface area contributed by atoms with Crippen LogP contribution in [0.15, 0.2) is 30.2 Å². The molecule has 0 aliphatic carbocycles. The summed E-state index contributed by atoms with van der Waals surface area (Å²) in [5.41, 5.74) is 3.90. The van der Waals surface area contributed by atoms with E-state index < -0.39 is 0 Å². The van der Waals surface area contributed by atoms with Crippen molar-refractivity contribution in [1.82, 2.24) is 10.6 Å². The van der Waals surface area contributed by atoms with Crippen LogP contribution in [0.1, 0.15) is 17.4 Å². The Morgan fingerprint density at radius 3 is 3.07 bits per heavy atom. The molecule has 72 valence electrons. The number of nitrogens with zero attached hydrogens (tertiary/aromatic N) is 2. The van der Waals surface area contributed by atoms with E-state index in [2.05, 4.69) is 10.6 Å². The normalized spacial score (nSPS) is 14.9. The molecule has 1 aromatic heterocycles. The second kappa shape index (κ2) is 3.47. The third kappa shape index (κ3) is 1.45. The maximum atomic E-state index is 10.5. The predicted octanol–water partition coefficient (Wildman–Crippen LogP) is 1.01. The molecule has 0 amide bonds. The number of hydrazine groups is 1. The van der Waals surface area contributed by atoms with Crippen molar-refractivity contribution in [2.45, 2.75) is 6.92 Å². The highest BCUT2D eigenvalue weighted by molar-refractivity contribution is 5.72. The molecule has 1 aliphatic heterocycles. The topological polar surface area (TPSA) is 54.5 Å². The van der Waals surface area contributed by atoms with Gasteiger partial charge in [0.2, 0.25) is 0 Å². The first-order valence-corrected chi connectivity index (χ1v) is 4.11. The quantitative estimate of drug-likeness (QED) is 0.707. The van der Waals surface area contributed by atoms with Gasteiger partial charge < -0.3 is 4.84 Å². The van der Waals surface area contributed by atoms with Crippen LogP contribution >= 0.6 is 0 Å². The third-order valence-electron chi connectivity index (χ3n) is 1.83. The van der Waals surface area contributed by atoms with Crippen molar-refractivity contribution in [3.05, 3.63) is 35.9 Å². The molecule has 1 aromatic rings. The van der Waals surface area contributed by atoms with Crippen LogP contribution in [0, 0.1) is 0 Å². The lowest BCUT2D eigenvalue weighted by molar-refractivity contribution is 0.111. The van der Waals surface area contributed by atoms with E-state index in [0.29, 0.717) is 17.8 Å². The lowest BCUT2D eigenvalue weighted by Crippen LogP contribution is -2.30. The molecule has 5 heteroatoms. The predicted molar refractivity (Wildman–Crippen MR) is 50.1 cm³/mol. The SMILES string of the molecule is CC1=CONN1c1cccc(C=O)n1. The van der Waals surface area contributed by atoms with Gasteiger partial charge in [0, 0.05) is 0 Å². The van der Waals surface area contributed by atoms with E-state index in [1.807, 2.05) is 6.92 Å². The fourth-order valence-corrected chi connectivity index (χ4v) is 1.15. The summed E-state index contributed by atoms with van der Waals surface area (Å²) >= 11 is 0. The van der Waals surface area contributed by atoms with Crippen LogP contribution < -0.4 is 10.6 Å². The van der Waals surface area contributed by atoms with E-state index >= 15 is 0 Å². The molecular weight excluding hydrogens is 182 g/mol. The summed E-state index contributed by atoms with van der Waals surface area (Å²) in [6.45, 7) is 1.87. The summed E-state index contributed by atoms with van der Waals surface area (Å²) in [5.74, 6) is 0.626. The second-order valence-corrected chi connectivity index (χ2v) is 2.84. The van der Waals surface area contributed by atoms with Crippen molar-refractivity contribution < 1.29 is 9.63 Å². The molecule has 1 N–H and O–H groups in total. The van der Waals surface area contributed by atoms with Gasteiger partial charge in [0.05, 0.1) is 5.70 Å². The van der Waals surface area contributed by atoms with Crippen molar-refractivity contribution in [2.75, 3.05) is 5.01 Å². The molecule has 0 saturated carbocycles. The lowest BCUT2D eigenvalue weighted by atomic mass is 10.3. The number of aldehydes is 1. The fraction of sp³-hybridized carbons (Fsp3) is 0.111. The van der Waals surface area contributed by atoms with Gasteiger partial charge in [-0.3, -0.25) is 4.79 Å². The molecule has 2 rings (SSSR count). The molecule has 0 fully saturated rings. The van der Waals surface area contributed by atoms with E-state index in [1.165, 1.54) is 0 Å². The highest BCUT2D eigenvalue weighted by Crippen LogP contribution is 2.17. The van der Waals surface area contributed by atoms with Gasteiger partial charge in [0.1, 0.15) is 12.0 Å². The van der Waals surface area contributed by atoms with Gasteiger partial charge in [-0.1, -0.05) is 11.7 Å². The van der Waals surface area contributed by atoms with Crippen LogP contribution in [0.2, 0.25) is 0 Å². The number of carbonyl (C=O) groups excluding carboxylic acids is 1. The molecule has 0 aromatic carbocycles. The van der Waals surface area contributed by atoms with Gasteiger partial charge >= 0.3 is 0 Å². The molecule has 0 bridgehead atoms. The number of hydrogen-bond donors (Lipinski definition) is 1. The number of carbonyl (C=O) groups is 1. The number of hydrogen-bond acceptors (Lipinski definition) is 5. The van der Waals surface area contributed by atoms with E-state index in [1.54, 1.807) is 29.5 Å². The van der Waals surface area contributed by atoms with Crippen LogP contribution in [0.3, 0.4) is 0 Å². The minimum absolute atomic E-state index is 0.393. The van der Waals surface area contributed by atoms with E-state index in [4.69, 9.17) is 4.84 Å². The van der Waals surface area contributed by atoms with Gasteiger partial charge in [-0.25, -0.2) is 9.99 Å². The number of pyridine rings is 1. The van der Waals surface area contributed by atoms with E-state index in [-0.39, 0.29) is 0 Å². The smallest absolute Gasteiger partial charge is 0.168 e. The summed E-state index contributed by atoms with van der Waals surface area (Å²) in [5, 5.41) is 1.65. The molecule has 0 radical (unpaired) electrons. The van der Waals surface area contributed by atoms with Gasteiger partial charge in [-0.15, -0.1) is 0 Å². The summed E-state index contributed by atoms with van der Waals surface area (Å²) in [6, 6.07) is 5.19. The first-order valence-electron chi connectivity index (χ1n) is 4.11. The van der Waals surface area contributed by atoms with Crippen molar-refractivity contribution in [3.63, 3.8) is 0 Å². The average molecular weight is 191 g/mol.